The molecular weight excluding hydrogens is 260 g/mol. The molecule has 0 bridgehead atoms. The molecule has 90 valence electrons. The molecule has 1 saturated carbocycles. The van der Waals surface area contributed by atoms with E-state index in [2.05, 4.69) is 15.9 Å². The Kier molecular flexibility index (Phi) is 6.12. The van der Waals surface area contributed by atoms with Gasteiger partial charge in [-0.05, 0) is 12.8 Å². The molecule has 1 fully saturated rings. The van der Waals surface area contributed by atoms with Gasteiger partial charge in [-0.15, -0.1) is 0 Å². The number of rotatable bonds is 7. The monoisotopic (exact) mass is 280 g/mol. The second kappa shape index (κ2) is 6.84. The van der Waals surface area contributed by atoms with Crippen molar-refractivity contribution in [2.75, 3.05) is 32.8 Å². The first kappa shape index (κ1) is 13.4. The van der Waals surface area contributed by atoms with Gasteiger partial charge < -0.3 is 14.2 Å². The van der Waals surface area contributed by atoms with Crippen LogP contribution in [-0.2, 0) is 14.2 Å². The van der Waals surface area contributed by atoms with Gasteiger partial charge in [0.25, 0.3) is 0 Å². The third kappa shape index (κ3) is 4.02. The van der Waals surface area contributed by atoms with Crippen LogP contribution >= 0.6 is 15.9 Å². The van der Waals surface area contributed by atoms with Gasteiger partial charge in [0, 0.05) is 19.5 Å². The Morgan fingerprint density at radius 2 is 1.67 bits per heavy atom. The van der Waals surface area contributed by atoms with E-state index in [4.69, 9.17) is 14.2 Å². The van der Waals surface area contributed by atoms with Crippen molar-refractivity contribution in [2.24, 2.45) is 0 Å². The minimum Gasteiger partial charge on any atom is -0.382 e. The van der Waals surface area contributed by atoms with E-state index in [0.717, 1.165) is 18.2 Å². The quantitative estimate of drug-likeness (QED) is 0.671. The van der Waals surface area contributed by atoms with E-state index >= 15 is 0 Å². The Hall–Kier alpha value is 0.360. The van der Waals surface area contributed by atoms with Gasteiger partial charge in [-0.2, -0.15) is 0 Å². The van der Waals surface area contributed by atoms with E-state index in [9.17, 15) is 0 Å². The van der Waals surface area contributed by atoms with Crippen LogP contribution in [0.4, 0.5) is 0 Å². The second-order valence-corrected chi connectivity index (χ2v) is 4.74. The lowest BCUT2D eigenvalue weighted by Gasteiger charge is -2.32. The molecule has 0 unspecified atom stereocenters. The highest BCUT2D eigenvalue weighted by Gasteiger charge is 2.36. The van der Waals surface area contributed by atoms with Crippen LogP contribution < -0.4 is 0 Å². The lowest BCUT2D eigenvalue weighted by atomic mass is 10.1. The van der Waals surface area contributed by atoms with E-state index in [-0.39, 0.29) is 11.7 Å². The third-order valence-electron chi connectivity index (χ3n) is 2.88. The molecule has 0 amide bonds. The predicted molar refractivity (Wildman–Crippen MR) is 63.6 cm³/mol. The van der Waals surface area contributed by atoms with Crippen molar-refractivity contribution in [1.29, 1.82) is 0 Å². The van der Waals surface area contributed by atoms with Crippen molar-refractivity contribution in [3.05, 3.63) is 0 Å². The lowest BCUT2D eigenvalue weighted by Crippen LogP contribution is -2.39. The Morgan fingerprint density at radius 1 is 1.13 bits per heavy atom. The van der Waals surface area contributed by atoms with E-state index in [0.29, 0.717) is 13.2 Å². The highest BCUT2D eigenvalue weighted by molar-refractivity contribution is 9.09. The molecule has 0 spiro atoms. The minimum atomic E-state index is 0.0156. The average Bonchev–Trinajstić information content (AvgIpc) is 2.68. The molecule has 1 aliphatic carbocycles. The zero-order chi connectivity index (χ0) is 11.1. The van der Waals surface area contributed by atoms with Gasteiger partial charge in [0.15, 0.2) is 0 Å². The summed E-state index contributed by atoms with van der Waals surface area (Å²) in [5, 5.41) is 0.907. The van der Waals surface area contributed by atoms with Crippen LogP contribution in [0.1, 0.15) is 25.7 Å². The van der Waals surface area contributed by atoms with Crippen LogP contribution in [-0.4, -0.2) is 44.5 Å². The summed E-state index contributed by atoms with van der Waals surface area (Å²) >= 11 is 3.56. The molecule has 0 atom stereocenters. The third-order valence-corrected chi connectivity index (χ3v) is 3.90. The summed E-state index contributed by atoms with van der Waals surface area (Å²) in [5.74, 6) is 0. The van der Waals surface area contributed by atoms with Crippen LogP contribution in [0.2, 0.25) is 0 Å². The highest BCUT2D eigenvalue weighted by atomic mass is 79.9. The standard InChI is InChI=1S/C11H21BrO3/c1-13-7-10(8-14-2)15-11(9-12)5-3-4-6-11/h10H,3-9H2,1-2H3. The first-order valence-corrected chi connectivity index (χ1v) is 6.60. The van der Waals surface area contributed by atoms with Crippen molar-refractivity contribution in [1.82, 2.24) is 0 Å². The molecule has 0 aromatic carbocycles. The molecule has 4 heteroatoms. The highest BCUT2D eigenvalue weighted by Crippen LogP contribution is 2.35. The van der Waals surface area contributed by atoms with Crippen molar-refractivity contribution in [3.8, 4) is 0 Å². The van der Waals surface area contributed by atoms with Crippen LogP contribution in [0.25, 0.3) is 0 Å². The lowest BCUT2D eigenvalue weighted by molar-refractivity contribution is -0.120. The summed E-state index contributed by atoms with van der Waals surface area (Å²) in [4.78, 5) is 0. The average molecular weight is 281 g/mol. The summed E-state index contributed by atoms with van der Waals surface area (Å²) < 4.78 is 16.4. The van der Waals surface area contributed by atoms with E-state index in [1.807, 2.05) is 0 Å². The Morgan fingerprint density at radius 3 is 2.07 bits per heavy atom. The topological polar surface area (TPSA) is 27.7 Å². The summed E-state index contributed by atoms with van der Waals surface area (Å²) in [6.07, 6.45) is 4.86. The number of methoxy groups -OCH3 is 2. The largest absolute Gasteiger partial charge is 0.382 e. The van der Waals surface area contributed by atoms with Gasteiger partial charge in [0.2, 0.25) is 0 Å². The summed E-state index contributed by atoms with van der Waals surface area (Å²) in [7, 11) is 3.39. The first-order chi connectivity index (χ1) is 7.26. The molecule has 0 heterocycles. The SMILES string of the molecule is COCC(COC)OC1(CBr)CCCC1. The van der Waals surface area contributed by atoms with Crippen LogP contribution in [0.15, 0.2) is 0 Å². The van der Waals surface area contributed by atoms with Crippen molar-refractivity contribution >= 4 is 15.9 Å². The van der Waals surface area contributed by atoms with Crippen molar-refractivity contribution < 1.29 is 14.2 Å². The van der Waals surface area contributed by atoms with Gasteiger partial charge in [-0.25, -0.2) is 0 Å². The number of ether oxygens (including phenoxy) is 3. The van der Waals surface area contributed by atoms with E-state index in [1.54, 1.807) is 14.2 Å². The fourth-order valence-corrected chi connectivity index (χ4v) is 2.84. The molecule has 15 heavy (non-hydrogen) atoms. The van der Waals surface area contributed by atoms with Crippen molar-refractivity contribution in [2.45, 2.75) is 37.4 Å². The smallest absolute Gasteiger partial charge is 0.105 e. The van der Waals surface area contributed by atoms with Crippen LogP contribution in [0.5, 0.6) is 0 Å². The first-order valence-electron chi connectivity index (χ1n) is 5.48. The maximum absolute atomic E-state index is 6.13. The van der Waals surface area contributed by atoms with Gasteiger partial charge in [0.1, 0.15) is 6.10 Å². The normalized spacial score (nSPS) is 20.0. The molecule has 0 aromatic heterocycles. The molecule has 0 aromatic rings. The molecule has 0 radical (unpaired) electrons. The van der Waals surface area contributed by atoms with Gasteiger partial charge >= 0.3 is 0 Å². The fraction of sp³-hybridized carbons (Fsp3) is 1.00. The van der Waals surface area contributed by atoms with Gasteiger partial charge in [-0.3, -0.25) is 0 Å². The molecule has 0 saturated heterocycles. The Labute approximate surface area is 101 Å². The minimum absolute atomic E-state index is 0.0156. The predicted octanol–water partition coefficient (Wildman–Crippen LogP) is 2.37. The van der Waals surface area contributed by atoms with E-state index < -0.39 is 0 Å². The molecule has 1 aliphatic rings. The summed E-state index contributed by atoms with van der Waals surface area (Å²) in [6.45, 7) is 1.20. The zero-order valence-corrected chi connectivity index (χ0v) is 11.2. The number of hydrogen-bond acceptors (Lipinski definition) is 3. The molecule has 1 rings (SSSR count). The molecular formula is C11H21BrO3. The van der Waals surface area contributed by atoms with Crippen molar-refractivity contribution in [3.63, 3.8) is 0 Å². The number of halogens is 1. The molecule has 3 nitrogen and oxygen atoms in total. The van der Waals surface area contributed by atoms with Crippen LogP contribution in [0, 0.1) is 0 Å². The van der Waals surface area contributed by atoms with Gasteiger partial charge in [0.05, 0.1) is 18.8 Å². The molecule has 0 aliphatic heterocycles. The number of alkyl halides is 1. The molecule has 0 N–H and O–H groups in total. The maximum Gasteiger partial charge on any atom is 0.105 e. The summed E-state index contributed by atoms with van der Waals surface area (Å²) in [5.41, 5.74) is 0.0156. The Bertz CT molecular complexity index is 163. The van der Waals surface area contributed by atoms with E-state index in [1.165, 1.54) is 12.8 Å². The number of hydrogen-bond donors (Lipinski definition) is 0. The second-order valence-electron chi connectivity index (χ2n) is 4.17. The zero-order valence-electron chi connectivity index (χ0n) is 9.63. The fourth-order valence-electron chi connectivity index (χ4n) is 2.14. The maximum atomic E-state index is 6.13. The Balaban J connectivity index is 2.46. The summed E-state index contributed by atoms with van der Waals surface area (Å²) in [6, 6.07) is 0. The van der Waals surface area contributed by atoms with Gasteiger partial charge in [-0.1, -0.05) is 28.8 Å². The van der Waals surface area contributed by atoms with Crippen LogP contribution in [0.3, 0.4) is 0 Å².